The van der Waals surface area contributed by atoms with Crippen LogP contribution in [0.4, 0.5) is 5.69 Å². The Bertz CT molecular complexity index is 1060. The Morgan fingerprint density at radius 1 is 1.41 bits per heavy atom. The first-order valence-corrected chi connectivity index (χ1v) is 8.03. The summed E-state index contributed by atoms with van der Waals surface area (Å²) in [5, 5.41) is 19.8. The number of aromatic amines is 2. The maximum atomic E-state index is 12.4. The monoisotopic (exact) mass is 364 g/mol. The molecule has 1 aromatic carbocycles. The number of nitrogens with zero attached hydrogens (tertiary/aromatic N) is 4. The average molecular weight is 364 g/mol. The zero-order chi connectivity index (χ0) is 19.6. The predicted octanol–water partition coefficient (Wildman–Crippen LogP) is 2.77. The highest BCUT2D eigenvalue weighted by atomic mass is 16.6. The van der Waals surface area contributed by atoms with E-state index in [2.05, 4.69) is 15.0 Å². The number of H-pyrrole nitrogens is 2. The average Bonchev–Trinajstić information content (AvgIpc) is 3.27. The third-order valence-electron chi connectivity index (χ3n) is 4.04. The molecule has 0 bridgehead atoms. The summed E-state index contributed by atoms with van der Waals surface area (Å²) in [4.78, 5) is 34.8. The van der Waals surface area contributed by atoms with Gasteiger partial charge in [-0.25, -0.2) is 4.98 Å². The molecule has 0 aliphatic carbocycles. The molecule has 136 valence electrons. The summed E-state index contributed by atoms with van der Waals surface area (Å²) in [5.74, 6) is 0.277. The van der Waals surface area contributed by atoms with Gasteiger partial charge in [-0.3, -0.25) is 14.9 Å². The third-order valence-corrected chi connectivity index (χ3v) is 4.04. The second-order valence-electron chi connectivity index (χ2n) is 6.04. The first kappa shape index (κ1) is 17.9. The Balaban J connectivity index is 1.80. The number of amides is 1. The van der Waals surface area contributed by atoms with E-state index in [9.17, 15) is 14.9 Å². The van der Waals surface area contributed by atoms with Crippen molar-refractivity contribution in [2.75, 3.05) is 7.05 Å². The molecular formula is C18H16N6O3. The van der Waals surface area contributed by atoms with Gasteiger partial charge in [0.15, 0.2) is 0 Å². The van der Waals surface area contributed by atoms with Crippen LogP contribution in [0.5, 0.6) is 0 Å². The number of aromatic nitrogens is 3. The Morgan fingerprint density at radius 3 is 2.85 bits per heavy atom. The molecule has 0 unspecified atom stereocenters. The van der Waals surface area contributed by atoms with Crippen LogP contribution in [0, 0.1) is 28.4 Å². The number of non-ortho nitro benzene ring substituents is 1. The van der Waals surface area contributed by atoms with Crippen LogP contribution < -0.4 is 0 Å². The second-order valence-corrected chi connectivity index (χ2v) is 6.04. The second kappa shape index (κ2) is 7.13. The van der Waals surface area contributed by atoms with Crippen molar-refractivity contribution in [2.24, 2.45) is 0 Å². The number of rotatable bonds is 5. The van der Waals surface area contributed by atoms with Crippen LogP contribution >= 0.6 is 0 Å². The number of nitro benzene ring substituents is 1. The van der Waals surface area contributed by atoms with Crippen LogP contribution in [0.25, 0.3) is 11.3 Å². The van der Waals surface area contributed by atoms with E-state index in [-0.39, 0.29) is 18.1 Å². The van der Waals surface area contributed by atoms with Gasteiger partial charge in [-0.1, -0.05) is 12.1 Å². The largest absolute Gasteiger partial charge is 0.356 e. The maximum Gasteiger partial charge on any atom is 0.270 e. The predicted molar refractivity (Wildman–Crippen MR) is 96.7 cm³/mol. The van der Waals surface area contributed by atoms with Crippen molar-refractivity contribution < 1.29 is 9.72 Å². The molecule has 27 heavy (non-hydrogen) atoms. The van der Waals surface area contributed by atoms with Gasteiger partial charge >= 0.3 is 0 Å². The Labute approximate surface area is 154 Å². The topological polar surface area (TPSA) is 132 Å². The van der Waals surface area contributed by atoms with Gasteiger partial charge in [-0.2, -0.15) is 5.26 Å². The molecule has 0 saturated carbocycles. The SMILES string of the molecule is Cc1[nH]c(CN(C)C(=O)c2cc(C#N)c[nH]2)nc1-c1cccc([N+](=O)[O-])c1. The molecule has 0 fully saturated rings. The van der Waals surface area contributed by atoms with E-state index in [1.165, 1.54) is 29.3 Å². The Hall–Kier alpha value is -3.93. The lowest BCUT2D eigenvalue weighted by molar-refractivity contribution is -0.384. The molecule has 2 aromatic heterocycles. The van der Waals surface area contributed by atoms with Gasteiger partial charge in [0.25, 0.3) is 11.6 Å². The number of carbonyl (C=O) groups excluding carboxylic acids is 1. The molecule has 9 nitrogen and oxygen atoms in total. The van der Waals surface area contributed by atoms with Crippen molar-refractivity contribution in [3.63, 3.8) is 0 Å². The lowest BCUT2D eigenvalue weighted by atomic mass is 10.1. The van der Waals surface area contributed by atoms with Gasteiger partial charge in [0.05, 0.1) is 22.7 Å². The van der Waals surface area contributed by atoms with E-state index in [4.69, 9.17) is 5.26 Å². The quantitative estimate of drug-likeness (QED) is 0.531. The van der Waals surface area contributed by atoms with Crippen molar-refractivity contribution in [1.82, 2.24) is 19.9 Å². The normalized spacial score (nSPS) is 10.4. The molecule has 2 N–H and O–H groups in total. The minimum atomic E-state index is -0.454. The summed E-state index contributed by atoms with van der Waals surface area (Å²) in [6.45, 7) is 2.03. The number of carbonyl (C=O) groups is 1. The first-order chi connectivity index (χ1) is 12.9. The van der Waals surface area contributed by atoms with E-state index < -0.39 is 4.92 Å². The fraction of sp³-hybridized carbons (Fsp3) is 0.167. The maximum absolute atomic E-state index is 12.4. The molecule has 9 heteroatoms. The lowest BCUT2D eigenvalue weighted by Crippen LogP contribution is -2.27. The number of benzene rings is 1. The van der Waals surface area contributed by atoms with Crippen molar-refractivity contribution in [3.05, 3.63) is 69.4 Å². The fourth-order valence-corrected chi connectivity index (χ4v) is 2.73. The molecule has 0 atom stereocenters. The highest BCUT2D eigenvalue weighted by Crippen LogP contribution is 2.25. The zero-order valence-electron chi connectivity index (χ0n) is 14.7. The Kier molecular flexibility index (Phi) is 4.72. The van der Waals surface area contributed by atoms with Crippen LogP contribution in [0.2, 0.25) is 0 Å². The van der Waals surface area contributed by atoms with Crippen molar-refractivity contribution >= 4 is 11.6 Å². The number of nitriles is 1. The van der Waals surface area contributed by atoms with E-state index in [0.29, 0.717) is 28.3 Å². The van der Waals surface area contributed by atoms with Gasteiger partial charge in [-0.05, 0) is 13.0 Å². The van der Waals surface area contributed by atoms with E-state index in [0.717, 1.165) is 5.69 Å². The molecular weight excluding hydrogens is 348 g/mol. The van der Waals surface area contributed by atoms with Crippen molar-refractivity contribution in [3.8, 4) is 17.3 Å². The molecule has 0 saturated heterocycles. The van der Waals surface area contributed by atoms with Crippen LogP contribution in [0.1, 0.15) is 27.6 Å². The van der Waals surface area contributed by atoms with E-state index in [1.54, 1.807) is 19.2 Å². The summed E-state index contributed by atoms with van der Waals surface area (Å²) in [7, 11) is 1.63. The summed E-state index contributed by atoms with van der Waals surface area (Å²) in [6, 6.07) is 9.69. The number of nitrogens with one attached hydrogen (secondary N) is 2. The lowest BCUT2D eigenvalue weighted by Gasteiger charge is -2.14. The highest BCUT2D eigenvalue weighted by molar-refractivity contribution is 5.92. The van der Waals surface area contributed by atoms with Crippen LogP contribution in [0.15, 0.2) is 36.5 Å². The summed E-state index contributed by atoms with van der Waals surface area (Å²) >= 11 is 0. The van der Waals surface area contributed by atoms with Crippen molar-refractivity contribution in [2.45, 2.75) is 13.5 Å². The molecule has 1 amide bonds. The summed E-state index contributed by atoms with van der Waals surface area (Å²) in [6.07, 6.45) is 1.47. The fourth-order valence-electron chi connectivity index (χ4n) is 2.73. The molecule has 0 radical (unpaired) electrons. The number of nitro groups is 1. The number of imidazole rings is 1. The number of aryl methyl sites for hydroxylation is 1. The van der Waals surface area contributed by atoms with Gasteiger partial charge in [0.1, 0.15) is 17.6 Å². The summed E-state index contributed by atoms with van der Waals surface area (Å²) in [5.41, 5.74) is 2.66. The third kappa shape index (κ3) is 3.69. The van der Waals surface area contributed by atoms with Crippen molar-refractivity contribution in [1.29, 1.82) is 5.26 Å². The number of hydrogen-bond acceptors (Lipinski definition) is 5. The first-order valence-electron chi connectivity index (χ1n) is 8.03. The zero-order valence-corrected chi connectivity index (χ0v) is 14.7. The molecule has 0 aliphatic heterocycles. The minimum absolute atomic E-state index is 0.0104. The van der Waals surface area contributed by atoms with Crippen LogP contribution in [0.3, 0.4) is 0 Å². The molecule has 2 heterocycles. The van der Waals surface area contributed by atoms with Gasteiger partial charge in [0.2, 0.25) is 0 Å². The van der Waals surface area contributed by atoms with Gasteiger partial charge in [0, 0.05) is 36.6 Å². The van der Waals surface area contributed by atoms with Crippen LogP contribution in [-0.2, 0) is 6.54 Å². The molecule has 3 rings (SSSR count). The van der Waals surface area contributed by atoms with E-state index in [1.807, 2.05) is 13.0 Å². The summed E-state index contributed by atoms with van der Waals surface area (Å²) < 4.78 is 0. The van der Waals surface area contributed by atoms with E-state index >= 15 is 0 Å². The molecule has 3 aromatic rings. The number of hydrogen-bond donors (Lipinski definition) is 2. The minimum Gasteiger partial charge on any atom is -0.356 e. The van der Waals surface area contributed by atoms with Gasteiger partial charge in [-0.15, -0.1) is 0 Å². The molecule has 0 aliphatic rings. The molecule has 0 spiro atoms. The van der Waals surface area contributed by atoms with Crippen LogP contribution in [-0.4, -0.2) is 37.7 Å². The smallest absolute Gasteiger partial charge is 0.270 e. The highest BCUT2D eigenvalue weighted by Gasteiger charge is 2.18. The standard InChI is InChI=1S/C18H16N6O3/c1-11-17(13-4-3-5-14(7-13)24(26)27)22-16(21-11)10-23(2)18(25)15-6-12(8-19)9-20-15/h3-7,9,20H,10H2,1-2H3,(H,21,22). The Morgan fingerprint density at radius 2 is 2.19 bits per heavy atom. The van der Waals surface area contributed by atoms with Gasteiger partial charge < -0.3 is 14.9 Å².